The Morgan fingerprint density at radius 2 is 0.788 bits per heavy atom. The lowest BCUT2D eigenvalue weighted by molar-refractivity contribution is 0.255. The Bertz CT molecular complexity index is 1260. The summed E-state index contributed by atoms with van der Waals surface area (Å²) < 4.78 is 20.7. The molecular weight excluding hydrogens is 655 g/mol. The Kier molecular flexibility index (Phi) is 17.6. The van der Waals surface area contributed by atoms with Gasteiger partial charge in [-0.25, -0.2) is 0 Å². The molecule has 0 unspecified atom stereocenters. The number of benzene rings is 2. The van der Waals surface area contributed by atoms with Crippen molar-refractivity contribution in [1.29, 1.82) is 0 Å². The first kappa shape index (κ1) is 44.8. The molecule has 0 radical (unpaired) electrons. The van der Waals surface area contributed by atoms with Gasteiger partial charge in [0.05, 0.1) is 6.61 Å². The molecule has 0 amide bonds. The van der Waals surface area contributed by atoms with Crippen molar-refractivity contribution in [3.05, 3.63) is 57.6 Å². The zero-order valence-corrected chi connectivity index (χ0v) is 37.3. The van der Waals surface area contributed by atoms with E-state index in [-0.39, 0.29) is 21.7 Å². The zero-order valence-electron chi connectivity index (χ0n) is 36.4. The van der Waals surface area contributed by atoms with Crippen molar-refractivity contribution in [2.24, 2.45) is 0 Å². The average Bonchev–Trinajstić information content (AvgIpc) is 3.10. The van der Waals surface area contributed by atoms with Crippen LogP contribution < -0.4 is 9.05 Å². The predicted octanol–water partition coefficient (Wildman–Crippen LogP) is 15.9. The van der Waals surface area contributed by atoms with Crippen LogP contribution in [0.25, 0.3) is 0 Å². The molecule has 0 spiro atoms. The fourth-order valence-electron chi connectivity index (χ4n) is 7.22. The van der Waals surface area contributed by atoms with Crippen LogP contribution in [0.15, 0.2) is 24.3 Å². The summed E-state index contributed by atoms with van der Waals surface area (Å²) in [7, 11) is -1.65. The van der Waals surface area contributed by atoms with Gasteiger partial charge < -0.3 is 9.05 Å². The van der Waals surface area contributed by atoms with E-state index >= 15 is 0 Å². The van der Waals surface area contributed by atoms with Gasteiger partial charge in [0.25, 0.3) is 0 Å². The minimum Gasteiger partial charge on any atom is -0.417 e. The zero-order chi connectivity index (χ0) is 38.6. The monoisotopic (exact) mass is 737 g/mol. The minimum absolute atomic E-state index is 0.0369. The van der Waals surface area contributed by atoms with Crippen molar-refractivity contribution >= 4 is 8.60 Å². The normalized spacial score (nSPS) is 14.6. The Hall–Kier alpha value is -1.57. The number of fused-ring (bicyclic) bond motifs is 2. The molecular formula is C48H81O3P. The summed E-state index contributed by atoms with van der Waals surface area (Å²) in [4.78, 5) is 0. The van der Waals surface area contributed by atoms with E-state index < -0.39 is 8.60 Å². The predicted molar refractivity (Wildman–Crippen MR) is 229 cm³/mol. The van der Waals surface area contributed by atoms with Gasteiger partial charge in [-0.2, -0.15) is 0 Å². The van der Waals surface area contributed by atoms with E-state index in [2.05, 4.69) is 114 Å². The lowest BCUT2D eigenvalue weighted by Gasteiger charge is -2.31. The second-order valence-electron chi connectivity index (χ2n) is 20.1. The van der Waals surface area contributed by atoms with Gasteiger partial charge in [-0.05, 0) is 63.2 Å². The molecule has 0 aromatic heterocycles. The third-order valence-corrected chi connectivity index (χ3v) is 11.9. The van der Waals surface area contributed by atoms with Crippen LogP contribution in [-0.4, -0.2) is 6.61 Å². The molecule has 4 heteroatoms. The van der Waals surface area contributed by atoms with Gasteiger partial charge in [-0.15, -0.1) is 0 Å². The van der Waals surface area contributed by atoms with Gasteiger partial charge in [0.15, 0.2) is 0 Å². The maximum Gasteiger partial charge on any atom is 0.463 e. The standard InChI is InChI=1S/C48H81O3P/c1-14-15-16-17-18-19-20-21-22-23-24-25-26-27-28-29-32-49-52-50-43-37(33-39(45(2,3)4)35-41(43)47(8,9)10)30-31-38-34-40(46(5,6)7)36-42(44(38)51-52)48(11,12)13/h33-36H,14-32H2,1-13H3. The molecule has 3 rings (SSSR count). The molecule has 0 fully saturated rings. The fourth-order valence-corrected chi connectivity index (χ4v) is 8.37. The quantitative estimate of drug-likeness (QED) is 0.113. The SMILES string of the molecule is CCCCCCCCCCCCCCCCCCOP1Oc2c(cc(C(C)(C)C)cc2C(C)(C)C)CCc2cc(C(C)(C)C)cc(C(C)(C)C)c2O1. The highest BCUT2D eigenvalue weighted by atomic mass is 31.2. The van der Waals surface area contributed by atoms with Crippen LogP contribution >= 0.6 is 8.60 Å². The Balaban J connectivity index is 1.70. The molecule has 0 saturated carbocycles. The lowest BCUT2D eigenvalue weighted by Crippen LogP contribution is -2.19. The first-order chi connectivity index (χ1) is 24.3. The van der Waals surface area contributed by atoms with Crippen molar-refractivity contribution in [3.8, 4) is 11.5 Å². The molecule has 52 heavy (non-hydrogen) atoms. The van der Waals surface area contributed by atoms with Crippen LogP contribution in [0.2, 0.25) is 0 Å². The second-order valence-corrected chi connectivity index (χ2v) is 21.1. The summed E-state index contributed by atoms with van der Waals surface area (Å²) in [5.41, 5.74) is 7.65. The largest absolute Gasteiger partial charge is 0.463 e. The Morgan fingerprint density at radius 3 is 1.10 bits per heavy atom. The maximum atomic E-state index is 7.01. The first-order valence-corrected chi connectivity index (χ1v) is 22.6. The van der Waals surface area contributed by atoms with Crippen LogP contribution in [0.4, 0.5) is 0 Å². The second kappa shape index (κ2) is 20.4. The molecule has 0 aliphatic carbocycles. The van der Waals surface area contributed by atoms with Crippen LogP contribution in [0, 0.1) is 0 Å². The van der Waals surface area contributed by atoms with E-state index in [4.69, 9.17) is 13.6 Å². The summed E-state index contributed by atoms with van der Waals surface area (Å²) >= 11 is 0. The molecule has 2 aromatic rings. The lowest BCUT2D eigenvalue weighted by atomic mass is 9.77. The summed E-state index contributed by atoms with van der Waals surface area (Å²) in [6.07, 6.45) is 23.6. The smallest absolute Gasteiger partial charge is 0.417 e. The third kappa shape index (κ3) is 14.6. The number of hydrogen-bond acceptors (Lipinski definition) is 3. The van der Waals surface area contributed by atoms with E-state index in [9.17, 15) is 0 Å². The highest BCUT2D eigenvalue weighted by Gasteiger charge is 2.34. The maximum absolute atomic E-state index is 7.01. The van der Waals surface area contributed by atoms with E-state index in [0.717, 1.165) is 30.8 Å². The van der Waals surface area contributed by atoms with Crippen molar-refractivity contribution in [1.82, 2.24) is 0 Å². The summed E-state index contributed by atoms with van der Waals surface area (Å²) in [6, 6.07) is 9.56. The van der Waals surface area contributed by atoms with Gasteiger partial charge in [0.2, 0.25) is 0 Å². The molecule has 2 aromatic carbocycles. The number of rotatable bonds is 18. The van der Waals surface area contributed by atoms with Gasteiger partial charge in [0.1, 0.15) is 11.5 Å². The number of hydrogen-bond donors (Lipinski definition) is 0. The van der Waals surface area contributed by atoms with Crippen molar-refractivity contribution in [2.45, 2.75) is 227 Å². The number of unbranched alkanes of at least 4 members (excludes halogenated alkanes) is 15. The van der Waals surface area contributed by atoms with Gasteiger partial charge in [-0.1, -0.05) is 211 Å². The Morgan fingerprint density at radius 1 is 0.462 bits per heavy atom. The van der Waals surface area contributed by atoms with Crippen LogP contribution in [-0.2, 0) is 39.0 Å². The first-order valence-electron chi connectivity index (χ1n) is 21.5. The third-order valence-electron chi connectivity index (χ3n) is 10.9. The molecule has 1 heterocycles. The van der Waals surface area contributed by atoms with Gasteiger partial charge >= 0.3 is 8.60 Å². The van der Waals surface area contributed by atoms with Crippen molar-refractivity contribution < 1.29 is 13.6 Å². The van der Waals surface area contributed by atoms with Gasteiger partial charge in [0, 0.05) is 11.1 Å². The van der Waals surface area contributed by atoms with Gasteiger partial charge in [-0.3, -0.25) is 4.52 Å². The molecule has 0 atom stereocenters. The molecule has 0 saturated heterocycles. The molecule has 1 aliphatic heterocycles. The molecule has 3 nitrogen and oxygen atoms in total. The summed E-state index contributed by atoms with van der Waals surface area (Å²) in [5.74, 6) is 1.94. The molecule has 296 valence electrons. The van der Waals surface area contributed by atoms with E-state index in [1.807, 2.05) is 0 Å². The molecule has 0 N–H and O–H groups in total. The molecule has 1 aliphatic rings. The van der Waals surface area contributed by atoms with E-state index in [1.54, 1.807) is 0 Å². The van der Waals surface area contributed by atoms with E-state index in [0.29, 0.717) is 6.61 Å². The van der Waals surface area contributed by atoms with E-state index in [1.165, 1.54) is 130 Å². The van der Waals surface area contributed by atoms with Crippen LogP contribution in [0.5, 0.6) is 11.5 Å². The highest BCUT2D eigenvalue weighted by molar-refractivity contribution is 7.42. The Labute approximate surface area is 324 Å². The highest BCUT2D eigenvalue weighted by Crippen LogP contribution is 2.52. The van der Waals surface area contributed by atoms with Crippen LogP contribution in [0.1, 0.15) is 226 Å². The van der Waals surface area contributed by atoms with Crippen molar-refractivity contribution in [3.63, 3.8) is 0 Å². The molecule has 0 bridgehead atoms. The fraction of sp³-hybridized carbons (Fsp3) is 0.750. The number of aryl methyl sites for hydroxylation is 2. The minimum atomic E-state index is -1.65. The average molecular weight is 737 g/mol. The van der Waals surface area contributed by atoms with Crippen LogP contribution in [0.3, 0.4) is 0 Å². The summed E-state index contributed by atoms with van der Waals surface area (Å²) in [5, 5.41) is 0. The topological polar surface area (TPSA) is 27.7 Å². The van der Waals surface area contributed by atoms with Crippen molar-refractivity contribution in [2.75, 3.05) is 6.61 Å². The summed E-state index contributed by atoms with van der Waals surface area (Å²) in [6.45, 7) is 30.6.